The summed E-state index contributed by atoms with van der Waals surface area (Å²) in [6, 6.07) is 58.4. The third-order valence-electron chi connectivity index (χ3n) is 12.7. The zero-order valence-corrected chi connectivity index (χ0v) is 43.0. The zero-order chi connectivity index (χ0) is 47.2. The Bertz CT molecular complexity index is 3340. The number of para-hydroxylation sites is 2. The Balaban J connectivity index is 0.000000293. The number of benzene rings is 7. The van der Waals surface area contributed by atoms with Gasteiger partial charge in [-0.2, -0.15) is 0 Å². The van der Waals surface area contributed by atoms with Crippen molar-refractivity contribution < 1.29 is 28.9 Å². The van der Waals surface area contributed by atoms with Crippen molar-refractivity contribution in [1.29, 1.82) is 0 Å². The molecule has 0 aliphatic carbocycles. The maximum absolute atomic E-state index is 12.8. The molecule has 0 aliphatic rings. The molecule has 0 aliphatic heterocycles. The van der Waals surface area contributed by atoms with Crippen molar-refractivity contribution in [2.45, 2.75) is 91.9 Å². The fraction of sp³-hybridized carbons (Fsp3) is 0.226. The Hall–Kier alpha value is -6.46. The average Bonchev–Trinajstić information content (AvgIpc) is 3.90. The molecule has 6 heteroatoms. The van der Waals surface area contributed by atoms with Gasteiger partial charge in [0, 0.05) is 43.2 Å². The molecule has 10 rings (SSSR count). The number of pyridine rings is 1. The Morgan fingerprint density at radius 1 is 0.603 bits per heavy atom. The van der Waals surface area contributed by atoms with Crippen LogP contribution in [0.25, 0.3) is 83.6 Å². The van der Waals surface area contributed by atoms with Gasteiger partial charge in [-0.15, -0.1) is 48.0 Å². The van der Waals surface area contributed by atoms with E-state index >= 15 is 0 Å². The molecule has 3 heterocycles. The van der Waals surface area contributed by atoms with Gasteiger partial charge in [-0.1, -0.05) is 165 Å². The van der Waals surface area contributed by atoms with Gasteiger partial charge in [0.15, 0.2) is 0 Å². The van der Waals surface area contributed by atoms with Crippen molar-refractivity contribution in [2.24, 2.45) is 0 Å². The summed E-state index contributed by atoms with van der Waals surface area (Å²) in [7, 11) is 0. The first-order valence-corrected chi connectivity index (χ1v) is 23.4. The average molecular weight is 1070 g/mol. The fourth-order valence-corrected chi connectivity index (χ4v) is 8.90. The van der Waals surface area contributed by atoms with Gasteiger partial charge in [-0.05, 0) is 109 Å². The van der Waals surface area contributed by atoms with Crippen LogP contribution in [-0.4, -0.2) is 14.5 Å². The van der Waals surface area contributed by atoms with Gasteiger partial charge in [0.25, 0.3) is 0 Å². The summed E-state index contributed by atoms with van der Waals surface area (Å²) in [6.07, 6.45) is 1.78. The smallest absolute Gasteiger partial charge is 0.121 e. The van der Waals surface area contributed by atoms with Crippen molar-refractivity contribution in [3.63, 3.8) is 0 Å². The first-order valence-electron chi connectivity index (χ1n) is 23.4. The summed E-state index contributed by atoms with van der Waals surface area (Å²) in [5.41, 5.74) is 17.5. The van der Waals surface area contributed by atoms with Crippen LogP contribution in [0.5, 0.6) is 0 Å². The normalized spacial score (nSPS) is 11.9. The number of furan rings is 1. The molecule has 0 bridgehead atoms. The molecule has 0 saturated heterocycles. The second-order valence-corrected chi connectivity index (χ2v) is 20.3. The minimum atomic E-state index is -0.277. The van der Waals surface area contributed by atoms with Crippen LogP contribution in [0, 0.1) is 17.9 Å². The predicted octanol–water partition coefficient (Wildman–Crippen LogP) is 17.3. The van der Waals surface area contributed by atoms with Crippen LogP contribution in [0.3, 0.4) is 0 Å². The molecule has 0 N–H and O–H groups in total. The van der Waals surface area contributed by atoms with Gasteiger partial charge in [-0.25, -0.2) is 0 Å². The van der Waals surface area contributed by atoms with Gasteiger partial charge in [0.1, 0.15) is 5.58 Å². The van der Waals surface area contributed by atoms with Gasteiger partial charge in [0.05, 0.1) is 22.4 Å². The maximum atomic E-state index is 12.8. The van der Waals surface area contributed by atoms with Crippen LogP contribution < -0.4 is 0 Å². The first-order chi connectivity index (χ1) is 32.0. The van der Waals surface area contributed by atoms with E-state index in [1.807, 2.05) is 24.3 Å². The Kier molecular flexibility index (Phi) is 13.6. The standard InChI is InChI=1S/C47H43N2O.C15H15FN.Ir/c1-29(2)39-26-34(32-20-23-35(24-21-32)47(5,6)7)27-40(30(3)4)44(39)49-42-19-12-11-18-41(42)48-46(49)38-17-13-16-37-36-25-22-33(28-43(36)50-45(37)38)31-14-9-8-10-15-31;1-15(2,3)12-8-9-17-14(10-12)11-4-6-13(16)7-5-11;/h8-16,18-30H,1-7H3;4,6-10H,1-3H3;/q2*-1;. The zero-order valence-electron chi connectivity index (χ0n) is 40.6. The minimum absolute atomic E-state index is 0. The van der Waals surface area contributed by atoms with E-state index in [9.17, 15) is 4.39 Å². The molecule has 0 atom stereocenters. The Morgan fingerprint density at radius 3 is 1.90 bits per heavy atom. The third-order valence-corrected chi connectivity index (χ3v) is 12.7. The van der Waals surface area contributed by atoms with E-state index in [2.05, 4.69) is 200 Å². The SMILES string of the molecule is CC(C)(C)c1ccnc(-c2[c-]cc(F)cc2)c1.CC(C)c1cc(-c2ccc(C(C)(C)C)cc2)cc(C(C)C)c1-n1c(-c2[c-]ccc3c2oc2cc(-c4ccccc4)ccc23)nc2ccccc21.[Ir]. The van der Waals surface area contributed by atoms with Crippen molar-refractivity contribution in [2.75, 3.05) is 0 Å². The van der Waals surface area contributed by atoms with E-state index in [4.69, 9.17) is 9.40 Å². The van der Waals surface area contributed by atoms with E-state index in [1.54, 1.807) is 12.3 Å². The predicted molar refractivity (Wildman–Crippen MR) is 278 cm³/mol. The molecule has 0 saturated carbocycles. The van der Waals surface area contributed by atoms with Gasteiger partial charge in [0.2, 0.25) is 0 Å². The molecule has 0 amide bonds. The topological polar surface area (TPSA) is 43.9 Å². The summed E-state index contributed by atoms with van der Waals surface area (Å²) in [4.78, 5) is 9.63. The molecule has 68 heavy (non-hydrogen) atoms. The van der Waals surface area contributed by atoms with Crippen LogP contribution in [0.1, 0.15) is 103 Å². The quantitative estimate of drug-likeness (QED) is 0.149. The molecular weight excluding hydrogens is 1010 g/mol. The number of fused-ring (bicyclic) bond motifs is 4. The second-order valence-electron chi connectivity index (χ2n) is 20.3. The van der Waals surface area contributed by atoms with Crippen LogP contribution in [-0.2, 0) is 30.9 Å². The van der Waals surface area contributed by atoms with Crippen molar-refractivity contribution in [3.8, 4) is 50.6 Å². The van der Waals surface area contributed by atoms with E-state index in [0.29, 0.717) is 0 Å². The molecule has 1 radical (unpaired) electrons. The Morgan fingerprint density at radius 2 is 1.25 bits per heavy atom. The molecular formula is C62H58FIrN3O-2. The molecule has 7 aromatic carbocycles. The van der Waals surface area contributed by atoms with Crippen LogP contribution in [0.15, 0.2) is 162 Å². The third kappa shape index (κ3) is 9.63. The molecule has 0 unspecified atom stereocenters. The van der Waals surface area contributed by atoms with Gasteiger partial charge >= 0.3 is 0 Å². The van der Waals surface area contributed by atoms with Crippen LogP contribution in [0.4, 0.5) is 4.39 Å². The number of imidazole rings is 1. The molecule has 4 nitrogen and oxygen atoms in total. The Labute approximate surface area is 414 Å². The van der Waals surface area contributed by atoms with Crippen LogP contribution in [0.2, 0.25) is 0 Å². The molecule has 0 spiro atoms. The number of rotatable bonds is 7. The first kappa shape index (κ1) is 48.0. The summed E-state index contributed by atoms with van der Waals surface area (Å²) in [6.45, 7) is 22.4. The van der Waals surface area contributed by atoms with Gasteiger partial charge in [-0.3, -0.25) is 9.37 Å². The fourth-order valence-electron chi connectivity index (χ4n) is 8.90. The number of aromatic nitrogens is 3. The van der Waals surface area contributed by atoms with Crippen molar-refractivity contribution in [3.05, 3.63) is 198 Å². The summed E-state index contributed by atoms with van der Waals surface area (Å²) in [5, 5.41) is 2.15. The summed E-state index contributed by atoms with van der Waals surface area (Å²) >= 11 is 0. The number of halogens is 1. The van der Waals surface area contributed by atoms with Crippen molar-refractivity contribution in [1.82, 2.24) is 14.5 Å². The van der Waals surface area contributed by atoms with E-state index in [-0.39, 0.29) is 48.6 Å². The minimum Gasteiger partial charge on any atom is -0.501 e. The second kappa shape index (κ2) is 19.3. The van der Waals surface area contributed by atoms with E-state index in [1.165, 1.54) is 56.8 Å². The number of hydrogen-bond acceptors (Lipinski definition) is 3. The van der Waals surface area contributed by atoms with Crippen LogP contribution >= 0.6 is 0 Å². The summed E-state index contributed by atoms with van der Waals surface area (Å²) < 4.78 is 22.0. The van der Waals surface area contributed by atoms with Crippen molar-refractivity contribution >= 4 is 33.0 Å². The molecule has 0 fully saturated rings. The molecule has 10 aromatic rings. The van der Waals surface area contributed by atoms with E-state index < -0.39 is 0 Å². The monoisotopic (exact) mass is 1070 g/mol. The molecule has 3 aromatic heterocycles. The number of nitrogens with zero attached hydrogens (tertiary/aromatic N) is 3. The van der Waals surface area contributed by atoms with Gasteiger partial charge < -0.3 is 14.0 Å². The maximum Gasteiger partial charge on any atom is 0.121 e. The molecule has 345 valence electrons. The summed E-state index contributed by atoms with van der Waals surface area (Å²) in [5.74, 6) is 1.10. The number of hydrogen-bond donors (Lipinski definition) is 0. The largest absolute Gasteiger partial charge is 0.501 e. The van der Waals surface area contributed by atoms with E-state index in [0.717, 1.165) is 61.2 Å².